The first-order chi connectivity index (χ1) is 7.83. The van der Waals surface area contributed by atoms with E-state index in [1.165, 1.54) is 37.7 Å². The Morgan fingerprint density at radius 1 is 1.00 bits per heavy atom. The lowest BCUT2D eigenvalue weighted by atomic mass is 9.84. The SMILES string of the molecule is S=c1[nH]c2ccc(C3CCCCC3)cc2[nH]1. The highest BCUT2D eigenvalue weighted by atomic mass is 32.1. The summed E-state index contributed by atoms with van der Waals surface area (Å²) in [6.07, 6.45) is 6.86. The number of H-pyrrole nitrogens is 2. The molecule has 1 aromatic carbocycles. The molecule has 1 saturated carbocycles. The summed E-state index contributed by atoms with van der Waals surface area (Å²) < 4.78 is 0.718. The van der Waals surface area contributed by atoms with Crippen LogP contribution in [-0.4, -0.2) is 9.97 Å². The lowest BCUT2D eigenvalue weighted by Crippen LogP contribution is -2.04. The van der Waals surface area contributed by atoms with Crippen LogP contribution in [0.4, 0.5) is 0 Å². The van der Waals surface area contributed by atoms with Gasteiger partial charge in [-0.25, -0.2) is 0 Å². The van der Waals surface area contributed by atoms with E-state index < -0.39 is 0 Å². The molecule has 1 aromatic heterocycles. The number of hydrogen-bond acceptors (Lipinski definition) is 1. The van der Waals surface area contributed by atoms with E-state index in [0.29, 0.717) is 0 Å². The summed E-state index contributed by atoms with van der Waals surface area (Å²) in [6.45, 7) is 0. The predicted octanol–water partition coefficient (Wildman–Crippen LogP) is 4.27. The van der Waals surface area contributed by atoms with Crippen molar-refractivity contribution in [3.8, 4) is 0 Å². The molecular weight excluding hydrogens is 216 g/mol. The molecule has 84 valence electrons. The van der Waals surface area contributed by atoms with Crippen LogP contribution in [-0.2, 0) is 0 Å². The van der Waals surface area contributed by atoms with Gasteiger partial charge in [0.05, 0.1) is 11.0 Å². The van der Waals surface area contributed by atoms with Crippen molar-refractivity contribution in [2.45, 2.75) is 38.0 Å². The van der Waals surface area contributed by atoms with Crippen LogP contribution in [0.2, 0.25) is 0 Å². The first-order valence-corrected chi connectivity index (χ1v) is 6.46. The summed E-state index contributed by atoms with van der Waals surface area (Å²) >= 11 is 5.10. The van der Waals surface area contributed by atoms with E-state index >= 15 is 0 Å². The summed E-state index contributed by atoms with van der Waals surface area (Å²) in [5.41, 5.74) is 3.73. The first kappa shape index (κ1) is 10.1. The van der Waals surface area contributed by atoms with Gasteiger partial charge in [-0.3, -0.25) is 0 Å². The van der Waals surface area contributed by atoms with Gasteiger partial charge in [0.15, 0.2) is 4.77 Å². The molecule has 3 heteroatoms. The summed E-state index contributed by atoms with van der Waals surface area (Å²) in [5.74, 6) is 0.759. The van der Waals surface area contributed by atoms with E-state index in [4.69, 9.17) is 12.2 Å². The molecule has 0 bridgehead atoms. The third-order valence-electron chi connectivity index (χ3n) is 3.62. The van der Waals surface area contributed by atoms with Gasteiger partial charge in [0.1, 0.15) is 0 Å². The summed E-state index contributed by atoms with van der Waals surface area (Å²) in [7, 11) is 0. The van der Waals surface area contributed by atoms with Gasteiger partial charge in [-0.05, 0) is 48.7 Å². The minimum Gasteiger partial charge on any atom is -0.331 e. The van der Waals surface area contributed by atoms with Gasteiger partial charge >= 0.3 is 0 Å². The highest BCUT2D eigenvalue weighted by molar-refractivity contribution is 7.71. The molecule has 1 fully saturated rings. The molecule has 3 rings (SSSR count). The Bertz CT molecular complexity index is 546. The molecule has 1 heterocycles. The molecule has 0 amide bonds. The maximum absolute atomic E-state index is 5.10. The maximum Gasteiger partial charge on any atom is 0.175 e. The average Bonchev–Trinajstić information content (AvgIpc) is 2.69. The zero-order valence-electron chi connectivity index (χ0n) is 9.25. The van der Waals surface area contributed by atoms with Crippen molar-refractivity contribution >= 4 is 23.3 Å². The van der Waals surface area contributed by atoms with Crippen LogP contribution in [0.5, 0.6) is 0 Å². The maximum atomic E-state index is 5.10. The molecule has 0 aliphatic heterocycles. The third kappa shape index (κ3) is 1.80. The quantitative estimate of drug-likeness (QED) is 0.707. The summed E-state index contributed by atoms with van der Waals surface area (Å²) in [4.78, 5) is 6.35. The normalized spacial score (nSPS) is 18.0. The molecule has 2 nitrogen and oxygen atoms in total. The number of fused-ring (bicyclic) bond motifs is 1. The van der Waals surface area contributed by atoms with E-state index in [9.17, 15) is 0 Å². The van der Waals surface area contributed by atoms with Crippen molar-refractivity contribution in [2.24, 2.45) is 0 Å². The Balaban J connectivity index is 2.00. The Kier molecular flexibility index (Phi) is 2.56. The topological polar surface area (TPSA) is 31.6 Å². The van der Waals surface area contributed by atoms with Crippen molar-refractivity contribution in [1.29, 1.82) is 0 Å². The van der Waals surface area contributed by atoms with Crippen molar-refractivity contribution in [1.82, 2.24) is 9.97 Å². The Morgan fingerprint density at radius 2 is 1.75 bits per heavy atom. The highest BCUT2D eigenvalue weighted by Gasteiger charge is 2.15. The fourth-order valence-corrected chi connectivity index (χ4v) is 2.96. The van der Waals surface area contributed by atoms with Crippen LogP contribution in [0.1, 0.15) is 43.6 Å². The minimum absolute atomic E-state index is 0.718. The molecule has 16 heavy (non-hydrogen) atoms. The molecule has 1 aliphatic rings. The van der Waals surface area contributed by atoms with Crippen LogP contribution in [0.3, 0.4) is 0 Å². The molecular formula is C13H16N2S. The van der Waals surface area contributed by atoms with Gasteiger partial charge < -0.3 is 9.97 Å². The average molecular weight is 232 g/mol. The predicted molar refractivity (Wildman–Crippen MR) is 69.3 cm³/mol. The van der Waals surface area contributed by atoms with Gasteiger partial charge in [0.2, 0.25) is 0 Å². The zero-order chi connectivity index (χ0) is 11.0. The number of hydrogen-bond donors (Lipinski definition) is 2. The fourth-order valence-electron chi connectivity index (χ4n) is 2.74. The van der Waals surface area contributed by atoms with E-state index in [0.717, 1.165) is 21.7 Å². The van der Waals surface area contributed by atoms with Crippen LogP contribution < -0.4 is 0 Å². The van der Waals surface area contributed by atoms with Crippen molar-refractivity contribution in [3.05, 3.63) is 28.5 Å². The number of nitrogens with one attached hydrogen (secondary N) is 2. The Morgan fingerprint density at radius 3 is 2.56 bits per heavy atom. The van der Waals surface area contributed by atoms with E-state index in [-0.39, 0.29) is 0 Å². The molecule has 0 unspecified atom stereocenters. The second-order valence-electron chi connectivity index (χ2n) is 4.72. The Labute approximate surface area is 100 Å². The minimum atomic E-state index is 0.718. The Hall–Kier alpha value is -1.09. The first-order valence-electron chi connectivity index (χ1n) is 6.05. The molecule has 2 N–H and O–H groups in total. The summed E-state index contributed by atoms with van der Waals surface area (Å²) in [5, 5.41) is 0. The molecule has 0 saturated heterocycles. The zero-order valence-corrected chi connectivity index (χ0v) is 10.1. The van der Waals surface area contributed by atoms with Crippen molar-refractivity contribution in [2.75, 3.05) is 0 Å². The third-order valence-corrected chi connectivity index (χ3v) is 3.82. The van der Waals surface area contributed by atoms with Gasteiger partial charge in [-0.1, -0.05) is 25.3 Å². The van der Waals surface area contributed by atoms with Crippen LogP contribution in [0, 0.1) is 4.77 Å². The van der Waals surface area contributed by atoms with E-state index in [1.54, 1.807) is 0 Å². The fraction of sp³-hybridized carbons (Fsp3) is 0.462. The number of rotatable bonds is 1. The molecule has 1 aliphatic carbocycles. The lowest BCUT2D eigenvalue weighted by molar-refractivity contribution is 0.444. The summed E-state index contributed by atoms with van der Waals surface area (Å²) in [6, 6.07) is 6.65. The lowest BCUT2D eigenvalue weighted by Gasteiger charge is -2.21. The van der Waals surface area contributed by atoms with Gasteiger partial charge in [-0.15, -0.1) is 0 Å². The van der Waals surface area contributed by atoms with Crippen molar-refractivity contribution < 1.29 is 0 Å². The van der Waals surface area contributed by atoms with Gasteiger partial charge in [0, 0.05) is 0 Å². The number of imidazole rings is 1. The molecule has 0 radical (unpaired) electrons. The molecule has 0 atom stereocenters. The monoisotopic (exact) mass is 232 g/mol. The number of aromatic nitrogens is 2. The number of aromatic amines is 2. The van der Waals surface area contributed by atoms with Crippen molar-refractivity contribution in [3.63, 3.8) is 0 Å². The van der Waals surface area contributed by atoms with E-state index in [1.807, 2.05) is 0 Å². The van der Waals surface area contributed by atoms with E-state index in [2.05, 4.69) is 28.2 Å². The molecule has 0 spiro atoms. The second-order valence-corrected chi connectivity index (χ2v) is 5.13. The largest absolute Gasteiger partial charge is 0.331 e. The smallest absolute Gasteiger partial charge is 0.175 e. The van der Waals surface area contributed by atoms with Gasteiger partial charge in [0.25, 0.3) is 0 Å². The number of benzene rings is 1. The van der Waals surface area contributed by atoms with Crippen LogP contribution >= 0.6 is 12.2 Å². The van der Waals surface area contributed by atoms with Crippen LogP contribution in [0.25, 0.3) is 11.0 Å². The standard InChI is InChI=1S/C13H16N2S/c16-13-14-11-7-6-10(8-12(11)15-13)9-4-2-1-3-5-9/h6-9H,1-5H2,(H2,14,15,16). The molecule has 2 aromatic rings. The highest BCUT2D eigenvalue weighted by Crippen LogP contribution is 2.33. The second kappa shape index (κ2) is 4.06. The van der Waals surface area contributed by atoms with Gasteiger partial charge in [-0.2, -0.15) is 0 Å². The van der Waals surface area contributed by atoms with Crippen LogP contribution in [0.15, 0.2) is 18.2 Å².